The zero-order valence-electron chi connectivity index (χ0n) is 12.6. The minimum Gasteiger partial charge on any atom is -0.506 e. The molecule has 0 atom stereocenters. The summed E-state index contributed by atoms with van der Waals surface area (Å²) in [6, 6.07) is 14.4. The Morgan fingerprint density at radius 3 is 2.83 bits per heavy atom. The predicted octanol–water partition coefficient (Wildman–Crippen LogP) is 2.70. The lowest BCUT2D eigenvalue weighted by Crippen LogP contribution is -2.25. The fourth-order valence-corrected chi connectivity index (χ4v) is 2.37. The molecule has 5 heteroatoms. The highest BCUT2D eigenvalue weighted by Gasteiger charge is 2.09. The van der Waals surface area contributed by atoms with Crippen LogP contribution in [0.2, 0.25) is 0 Å². The van der Waals surface area contributed by atoms with Gasteiger partial charge in [0.25, 0.3) is 5.91 Å². The average Bonchev–Trinajstić information content (AvgIpc) is 2.59. The largest absolute Gasteiger partial charge is 0.506 e. The summed E-state index contributed by atoms with van der Waals surface area (Å²) in [6.07, 6.45) is 3.38. The molecule has 2 aromatic heterocycles. The van der Waals surface area contributed by atoms with Gasteiger partial charge in [0.05, 0.1) is 0 Å². The van der Waals surface area contributed by atoms with Gasteiger partial charge in [0, 0.05) is 23.8 Å². The number of rotatable bonds is 5. The molecule has 116 valence electrons. The third-order valence-corrected chi connectivity index (χ3v) is 3.55. The lowest BCUT2D eigenvalue weighted by atomic mass is 10.2. The number of carbonyl (C=O) groups excluding carboxylic acids is 1. The highest BCUT2D eigenvalue weighted by atomic mass is 16.3. The predicted molar refractivity (Wildman–Crippen MR) is 88.3 cm³/mol. The first kappa shape index (κ1) is 15.0. The van der Waals surface area contributed by atoms with Crippen molar-refractivity contribution in [2.24, 2.45) is 0 Å². The van der Waals surface area contributed by atoms with Crippen LogP contribution in [0.3, 0.4) is 0 Å². The highest BCUT2D eigenvalue weighted by Crippen LogP contribution is 2.22. The molecule has 23 heavy (non-hydrogen) atoms. The third kappa shape index (κ3) is 3.63. The number of fused-ring (bicyclic) bond motifs is 1. The van der Waals surface area contributed by atoms with Crippen molar-refractivity contribution in [2.45, 2.75) is 12.8 Å². The van der Waals surface area contributed by atoms with E-state index >= 15 is 0 Å². The van der Waals surface area contributed by atoms with Crippen molar-refractivity contribution in [2.75, 3.05) is 6.54 Å². The molecule has 2 heterocycles. The number of para-hydroxylation sites is 1. The molecule has 0 unspecified atom stereocenters. The van der Waals surface area contributed by atoms with Crippen molar-refractivity contribution in [3.63, 3.8) is 0 Å². The number of hydrogen-bond acceptors (Lipinski definition) is 4. The number of carbonyl (C=O) groups is 1. The van der Waals surface area contributed by atoms with Crippen molar-refractivity contribution >= 4 is 16.8 Å². The number of amides is 1. The average molecular weight is 307 g/mol. The summed E-state index contributed by atoms with van der Waals surface area (Å²) in [6.45, 7) is 0.551. The topological polar surface area (TPSA) is 75.1 Å². The van der Waals surface area contributed by atoms with Crippen LogP contribution in [0.1, 0.15) is 22.6 Å². The van der Waals surface area contributed by atoms with Gasteiger partial charge in [0.15, 0.2) is 0 Å². The molecule has 0 spiro atoms. The summed E-state index contributed by atoms with van der Waals surface area (Å²) in [5.41, 5.74) is 1.75. The van der Waals surface area contributed by atoms with E-state index in [0.29, 0.717) is 17.8 Å². The monoisotopic (exact) mass is 307 g/mol. The fourth-order valence-electron chi connectivity index (χ4n) is 2.37. The first-order valence-corrected chi connectivity index (χ1v) is 7.51. The van der Waals surface area contributed by atoms with Crippen molar-refractivity contribution < 1.29 is 9.90 Å². The first-order valence-electron chi connectivity index (χ1n) is 7.51. The Morgan fingerprint density at radius 2 is 2.00 bits per heavy atom. The summed E-state index contributed by atoms with van der Waals surface area (Å²) in [5.74, 6) is -0.163. The van der Waals surface area contributed by atoms with E-state index in [2.05, 4.69) is 15.3 Å². The maximum Gasteiger partial charge on any atom is 0.269 e. The second-order valence-corrected chi connectivity index (χ2v) is 5.23. The molecule has 0 saturated heterocycles. The van der Waals surface area contributed by atoms with Crippen LogP contribution in [-0.2, 0) is 6.42 Å². The van der Waals surface area contributed by atoms with Gasteiger partial charge in [-0.05, 0) is 37.1 Å². The van der Waals surface area contributed by atoms with Gasteiger partial charge in [0.2, 0.25) is 0 Å². The summed E-state index contributed by atoms with van der Waals surface area (Å²) in [4.78, 5) is 20.6. The SMILES string of the molecule is O=C(NCCCc1ccccn1)c1ccc2cccc(O)c2n1. The van der Waals surface area contributed by atoms with Crippen molar-refractivity contribution in [1.29, 1.82) is 0 Å². The number of pyridine rings is 2. The maximum atomic E-state index is 12.1. The van der Waals surface area contributed by atoms with Crippen LogP contribution in [0, 0.1) is 0 Å². The van der Waals surface area contributed by atoms with Gasteiger partial charge in [0.1, 0.15) is 17.0 Å². The van der Waals surface area contributed by atoms with Crippen molar-refractivity contribution in [3.8, 4) is 5.75 Å². The van der Waals surface area contributed by atoms with Crippen molar-refractivity contribution in [1.82, 2.24) is 15.3 Å². The number of nitrogens with zero attached hydrogens (tertiary/aromatic N) is 2. The van der Waals surface area contributed by atoms with Gasteiger partial charge >= 0.3 is 0 Å². The Labute approximate surface area is 134 Å². The number of aryl methyl sites for hydroxylation is 1. The van der Waals surface area contributed by atoms with Crippen molar-refractivity contribution in [3.05, 3.63) is 66.1 Å². The van der Waals surface area contributed by atoms with E-state index in [1.807, 2.05) is 24.3 Å². The zero-order valence-corrected chi connectivity index (χ0v) is 12.6. The smallest absolute Gasteiger partial charge is 0.269 e. The van der Waals surface area contributed by atoms with Crippen LogP contribution in [0.5, 0.6) is 5.75 Å². The molecule has 0 fully saturated rings. The Morgan fingerprint density at radius 1 is 1.09 bits per heavy atom. The number of benzene rings is 1. The molecule has 2 N–H and O–H groups in total. The summed E-state index contributed by atoms with van der Waals surface area (Å²) < 4.78 is 0. The lowest BCUT2D eigenvalue weighted by Gasteiger charge is -2.06. The van der Waals surface area contributed by atoms with Gasteiger partial charge in [-0.15, -0.1) is 0 Å². The van der Waals surface area contributed by atoms with Gasteiger partial charge in [-0.2, -0.15) is 0 Å². The van der Waals surface area contributed by atoms with Crippen LogP contribution in [0.15, 0.2) is 54.7 Å². The summed E-state index contributed by atoms with van der Waals surface area (Å²) in [5, 5.41) is 13.5. The van der Waals surface area contributed by atoms with E-state index in [4.69, 9.17) is 0 Å². The zero-order chi connectivity index (χ0) is 16.1. The number of aromatic nitrogens is 2. The minimum atomic E-state index is -0.240. The molecule has 3 aromatic rings. The molecular weight excluding hydrogens is 290 g/mol. The fraction of sp³-hybridized carbons (Fsp3) is 0.167. The molecule has 0 bridgehead atoms. The molecule has 0 aliphatic carbocycles. The molecule has 0 saturated carbocycles. The normalized spacial score (nSPS) is 10.6. The Hall–Kier alpha value is -2.95. The Kier molecular flexibility index (Phi) is 4.47. The van der Waals surface area contributed by atoms with Crippen LogP contribution >= 0.6 is 0 Å². The Bertz CT molecular complexity index is 819. The molecule has 0 radical (unpaired) electrons. The van der Waals surface area contributed by atoms with Gasteiger partial charge in [-0.25, -0.2) is 4.98 Å². The maximum absolute atomic E-state index is 12.1. The van der Waals surface area contributed by atoms with Crippen LogP contribution in [0.25, 0.3) is 10.9 Å². The van der Waals surface area contributed by atoms with E-state index in [1.165, 1.54) is 0 Å². The number of nitrogens with one attached hydrogen (secondary N) is 1. The molecule has 3 rings (SSSR count). The quantitative estimate of drug-likeness (QED) is 0.711. The highest BCUT2D eigenvalue weighted by molar-refractivity contribution is 5.95. The molecular formula is C18H17N3O2. The van der Waals surface area contributed by atoms with E-state index in [1.54, 1.807) is 30.5 Å². The summed E-state index contributed by atoms with van der Waals surface area (Å²) >= 11 is 0. The third-order valence-electron chi connectivity index (χ3n) is 3.55. The van der Waals surface area contributed by atoms with Crippen LogP contribution < -0.4 is 5.32 Å². The summed E-state index contributed by atoms with van der Waals surface area (Å²) in [7, 11) is 0. The number of aromatic hydroxyl groups is 1. The van der Waals surface area contributed by atoms with E-state index in [-0.39, 0.29) is 11.7 Å². The number of phenolic OH excluding ortho intramolecular Hbond substituents is 1. The van der Waals surface area contributed by atoms with Gasteiger partial charge in [-0.1, -0.05) is 24.3 Å². The molecule has 1 aromatic carbocycles. The number of phenols is 1. The van der Waals surface area contributed by atoms with E-state index < -0.39 is 0 Å². The standard InChI is InChI=1S/C18H17N3O2/c22-16-8-3-5-13-9-10-15(21-17(13)16)18(23)20-12-4-7-14-6-1-2-11-19-14/h1-3,5-6,8-11,22H,4,7,12H2,(H,20,23). The first-order chi connectivity index (χ1) is 11.2. The van der Waals surface area contributed by atoms with Crippen LogP contribution in [-0.4, -0.2) is 27.5 Å². The molecule has 0 aliphatic rings. The second kappa shape index (κ2) is 6.87. The van der Waals surface area contributed by atoms with Gasteiger partial charge in [-0.3, -0.25) is 9.78 Å². The Balaban J connectivity index is 1.59. The second-order valence-electron chi connectivity index (χ2n) is 5.23. The number of hydrogen-bond donors (Lipinski definition) is 2. The lowest BCUT2D eigenvalue weighted by molar-refractivity contribution is 0.0948. The molecule has 5 nitrogen and oxygen atoms in total. The van der Waals surface area contributed by atoms with E-state index in [0.717, 1.165) is 23.9 Å². The van der Waals surface area contributed by atoms with Crippen LogP contribution in [0.4, 0.5) is 0 Å². The van der Waals surface area contributed by atoms with E-state index in [9.17, 15) is 9.90 Å². The van der Waals surface area contributed by atoms with Gasteiger partial charge < -0.3 is 10.4 Å². The molecule has 0 aliphatic heterocycles. The molecule has 1 amide bonds. The minimum absolute atomic E-state index is 0.0762.